The number of ketones is 1. The number of halogens is 1. The van der Waals surface area contributed by atoms with E-state index in [2.05, 4.69) is 6.92 Å². The number of carbonyl (C=O) groups is 1. The van der Waals surface area contributed by atoms with Gasteiger partial charge in [-0.1, -0.05) is 30.7 Å². The number of ether oxygens (including phenoxy) is 1. The van der Waals surface area contributed by atoms with Gasteiger partial charge in [0.2, 0.25) is 0 Å². The molecule has 98 valence electrons. The van der Waals surface area contributed by atoms with Crippen molar-refractivity contribution >= 4 is 17.4 Å². The summed E-state index contributed by atoms with van der Waals surface area (Å²) >= 11 is 6.04. The molecule has 2 nitrogen and oxygen atoms in total. The second kappa shape index (κ2) is 5.89. The van der Waals surface area contributed by atoms with Crippen molar-refractivity contribution in [2.75, 3.05) is 0 Å². The zero-order chi connectivity index (χ0) is 13.8. The summed E-state index contributed by atoms with van der Waals surface area (Å²) in [4.78, 5) is 11.3. The lowest BCUT2D eigenvalue weighted by atomic mass is 10.1. The Morgan fingerprint density at radius 3 is 2.26 bits per heavy atom. The van der Waals surface area contributed by atoms with E-state index in [4.69, 9.17) is 16.3 Å². The van der Waals surface area contributed by atoms with Crippen molar-refractivity contribution in [3.63, 3.8) is 0 Å². The first-order valence-corrected chi connectivity index (χ1v) is 6.55. The normalized spacial score (nSPS) is 10.3. The molecule has 0 aliphatic heterocycles. The predicted molar refractivity (Wildman–Crippen MR) is 77.4 cm³/mol. The number of carbonyl (C=O) groups excluding carboxylic acids is 1. The van der Waals surface area contributed by atoms with Crippen LogP contribution >= 0.6 is 11.6 Å². The Bertz CT molecular complexity index is 588. The second-order valence-corrected chi connectivity index (χ2v) is 4.70. The first-order valence-electron chi connectivity index (χ1n) is 6.17. The standard InChI is InChI=1S/C16H15ClO2/c1-3-12-4-6-13(7-5-12)19-14-8-9-15(11(2)18)16(17)10-14/h4-10H,3H2,1-2H3. The molecule has 0 saturated carbocycles. The molecule has 3 heteroatoms. The van der Waals surface area contributed by atoms with Crippen LogP contribution in [-0.4, -0.2) is 5.78 Å². The van der Waals surface area contributed by atoms with Gasteiger partial charge in [0.1, 0.15) is 11.5 Å². The van der Waals surface area contributed by atoms with Gasteiger partial charge in [-0.05, 0) is 43.2 Å². The number of Topliss-reactive ketones (excluding diaryl/α,β-unsaturated/α-hetero) is 1. The molecule has 0 aliphatic carbocycles. The second-order valence-electron chi connectivity index (χ2n) is 4.30. The number of hydrogen-bond donors (Lipinski definition) is 0. The molecule has 2 aromatic carbocycles. The van der Waals surface area contributed by atoms with Gasteiger partial charge in [-0.3, -0.25) is 4.79 Å². The van der Waals surface area contributed by atoms with Crippen LogP contribution in [-0.2, 0) is 6.42 Å². The van der Waals surface area contributed by atoms with Crippen molar-refractivity contribution in [3.05, 3.63) is 58.6 Å². The topological polar surface area (TPSA) is 26.3 Å². The van der Waals surface area contributed by atoms with Crippen molar-refractivity contribution < 1.29 is 9.53 Å². The first-order chi connectivity index (χ1) is 9.10. The van der Waals surface area contributed by atoms with Gasteiger partial charge in [-0.15, -0.1) is 0 Å². The van der Waals surface area contributed by atoms with Crippen LogP contribution in [0.15, 0.2) is 42.5 Å². The zero-order valence-electron chi connectivity index (χ0n) is 10.9. The molecule has 19 heavy (non-hydrogen) atoms. The summed E-state index contributed by atoms with van der Waals surface area (Å²) in [7, 11) is 0. The molecule has 2 rings (SSSR count). The summed E-state index contributed by atoms with van der Waals surface area (Å²) in [5.41, 5.74) is 1.77. The van der Waals surface area contributed by atoms with E-state index in [-0.39, 0.29) is 5.78 Å². The van der Waals surface area contributed by atoms with Gasteiger partial charge < -0.3 is 4.74 Å². The Morgan fingerprint density at radius 1 is 1.11 bits per heavy atom. The summed E-state index contributed by atoms with van der Waals surface area (Å²) in [5.74, 6) is 1.33. The lowest BCUT2D eigenvalue weighted by molar-refractivity contribution is 0.101. The summed E-state index contributed by atoms with van der Waals surface area (Å²) in [5, 5.41) is 0.412. The van der Waals surface area contributed by atoms with Crippen LogP contribution in [0.2, 0.25) is 5.02 Å². The SMILES string of the molecule is CCc1ccc(Oc2ccc(C(C)=O)c(Cl)c2)cc1. The van der Waals surface area contributed by atoms with E-state index in [1.807, 2.05) is 24.3 Å². The fourth-order valence-corrected chi connectivity index (χ4v) is 2.08. The average molecular weight is 275 g/mol. The summed E-state index contributed by atoms with van der Waals surface area (Å²) in [6.07, 6.45) is 0.999. The monoisotopic (exact) mass is 274 g/mol. The molecule has 0 aliphatic rings. The van der Waals surface area contributed by atoms with E-state index in [1.165, 1.54) is 12.5 Å². The quantitative estimate of drug-likeness (QED) is 0.742. The molecule has 0 spiro atoms. The predicted octanol–water partition coefficient (Wildman–Crippen LogP) is 4.90. The fourth-order valence-electron chi connectivity index (χ4n) is 1.77. The summed E-state index contributed by atoms with van der Waals surface area (Å²) in [6.45, 7) is 3.60. The Morgan fingerprint density at radius 2 is 1.74 bits per heavy atom. The molecule has 2 aromatic rings. The largest absolute Gasteiger partial charge is 0.457 e. The van der Waals surface area contributed by atoms with Crippen LogP contribution in [0.3, 0.4) is 0 Å². The highest BCUT2D eigenvalue weighted by atomic mass is 35.5. The summed E-state index contributed by atoms with van der Waals surface area (Å²) < 4.78 is 5.70. The van der Waals surface area contributed by atoms with Crippen molar-refractivity contribution in [2.24, 2.45) is 0 Å². The molecule has 0 aromatic heterocycles. The van der Waals surface area contributed by atoms with E-state index in [1.54, 1.807) is 18.2 Å². The third kappa shape index (κ3) is 3.36. The minimum atomic E-state index is -0.0520. The number of benzene rings is 2. The van der Waals surface area contributed by atoms with Gasteiger partial charge in [0.15, 0.2) is 5.78 Å². The fraction of sp³-hybridized carbons (Fsp3) is 0.188. The lowest BCUT2D eigenvalue weighted by Crippen LogP contribution is -1.93. The Kier molecular flexibility index (Phi) is 4.23. The average Bonchev–Trinajstić information content (AvgIpc) is 2.39. The van der Waals surface area contributed by atoms with Crippen LogP contribution in [0, 0.1) is 0 Å². The first kappa shape index (κ1) is 13.6. The van der Waals surface area contributed by atoms with Crippen LogP contribution < -0.4 is 4.74 Å². The van der Waals surface area contributed by atoms with Crippen molar-refractivity contribution in [2.45, 2.75) is 20.3 Å². The van der Waals surface area contributed by atoms with Gasteiger partial charge >= 0.3 is 0 Å². The third-order valence-electron chi connectivity index (χ3n) is 2.89. The highest BCUT2D eigenvalue weighted by Crippen LogP contribution is 2.27. The smallest absolute Gasteiger partial charge is 0.161 e. The molecule has 0 amide bonds. The van der Waals surface area contributed by atoms with Crippen molar-refractivity contribution in [1.82, 2.24) is 0 Å². The number of rotatable bonds is 4. The van der Waals surface area contributed by atoms with E-state index in [9.17, 15) is 4.79 Å². The Labute approximate surface area is 118 Å². The van der Waals surface area contributed by atoms with E-state index in [0.29, 0.717) is 16.3 Å². The van der Waals surface area contributed by atoms with Gasteiger partial charge in [-0.2, -0.15) is 0 Å². The molecule has 0 fully saturated rings. The van der Waals surface area contributed by atoms with Crippen LogP contribution in [0.4, 0.5) is 0 Å². The number of hydrogen-bond acceptors (Lipinski definition) is 2. The molecular weight excluding hydrogens is 260 g/mol. The molecule has 0 saturated heterocycles. The summed E-state index contributed by atoms with van der Waals surface area (Å²) in [6, 6.07) is 13.0. The van der Waals surface area contributed by atoms with Gasteiger partial charge in [0.25, 0.3) is 0 Å². The highest BCUT2D eigenvalue weighted by Gasteiger charge is 2.07. The van der Waals surface area contributed by atoms with Gasteiger partial charge in [-0.25, -0.2) is 0 Å². The van der Waals surface area contributed by atoms with E-state index >= 15 is 0 Å². The maximum Gasteiger partial charge on any atom is 0.161 e. The molecule has 0 heterocycles. The van der Waals surface area contributed by atoms with Crippen LogP contribution in [0.5, 0.6) is 11.5 Å². The van der Waals surface area contributed by atoms with Gasteiger partial charge in [0, 0.05) is 11.6 Å². The Hall–Kier alpha value is -1.80. The Balaban J connectivity index is 2.18. The maximum atomic E-state index is 11.3. The molecule has 0 bridgehead atoms. The van der Waals surface area contributed by atoms with E-state index < -0.39 is 0 Å². The molecule has 0 unspecified atom stereocenters. The van der Waals surface area contributed by atoms with Gasteiger partial charge in [0.05, 0.1) is 5.02 Å². The maximum absolute atomic E-state index is 11.3. The molecule has 0 N–H and O–H groups in total. The highest BCUT2D eigenvalue weighted by molar-refractivity contribution is 6.34. The molecule has 0 atom stereocenters. The molecular formula is C16H15ClO2. The van der Waals surface area contributed by atoms with Crippen LogP contribution in [0.25, 0.3) is 0 Å². The number of aryl methyl sites for hydroxylation is 1. The lowest BCUT2D eigenvalue weighted by Gasteiger charge is -2.08. The minimum absolute atomic E-state index is 0.0520. The van der Waals surface area contributed by atoms with Crippen molar-refractivity contribution in [1.29, 1.82) is 0 Å². The zero-order valence-corrected chi connectivity index (χ0v) is 11.7. The molecule has 0 radical (unpaired) electrons. The minimum Gasteiger partial charge on any atom is -0.457 e. The van der Waals surface area contributed by atoms with Crippen LogP contribution in [0.1, 0.15) is 29.8 Å². The third-order valence-corrected chi connectivity index (χ3v) is 3.20. The van der Waals surface area contributed by atoms with Crippen molar-refractivity contribution in [3.8, 4) is 11.5 Å². The van der Waals surface area contributed by atoms with E-state index in [0.717, 1.165) is 12.2 Å².